The van der Waals surface area contributed by atoms with Crippen LogP contribution in [0.4, 0.5) is 11.4 Å². The number of sulfonamides is 1. The number of hydrogen-bond acceptors (Lipinski definition) is 3. The number of hydrogen-bond donors (Lipinski definition) is 2. The number of benzene rings is 2. The zero-order valence-corrected chi connectivity index (χ0v) is 13.5. The summed E-state index contributed by atoms with van der Waals surface area (Å²) < 4.78 is 27.4. The van der Waals surface area contributed by atoms with Gasteiger partial charge in [0.2, 0.25) is 5.91 Å². The van der Waals surface area contributed by atoms with Crippen molar-refractivity contribution in [3.05, 3.63) is 53.6 Å². The second-order valence-corrected chi connectivity index (χ2v) is 6.81. The van der Waals surface area contributed by atoms with E-state index in [1.54, 1.807) is 18.2 Å². The van der Waals surface area contributed by atoms with Crippen LogP contribution in [-0.4, -0.2) is 14.3 Å². The van der Waals surface area contributed by atoms with Gasteiger partial charge in [-0.05, 0) is 55.3 Å². The number of carbonyl (C=O) groups excluding carboxylic acids is 1. The third-order valence-corrected chi connectivity index (χ3v) is 4.50. The Bertz CT molecular complexity index is 797. The van der Waals surface area contributed by atoms with Crippen LogP contribution in [0.1, 0.15) is 18.1 Å². The largest absolute Gasteiger partial charge is 0.326 e. The number of rotatable bonds is 4. The number of carbonyl (C=O) groups is 1. The van der Waals surface area contributed by atoms with Crippen LogP contribution in [0.2, 0.25) is 0 Å². The first-order valence-corrected chi connectivity index (χ1v) is 8.24. The standard InChI is InChI=1S/C16H18N2O3S/c1-11-4-5-12(2)16(10-11)18-22(20,21)15-8-6-14(7-9-15)17-13(3)19/h4-10,18H,1-3H3,(H,17,19). The Hall–Kier alpha value is -2.34. The van der Waals surface area contributed by atoms with E-state index in [1.165, 1.54) is 19.1 Å². The molecule has 0 spiro atoms. The average molecular weight is 318 g/mol. The Morgan fingerprint density at radius 2 is 1.64 bits per heavy atom. The maximum atomic E-state index is 12.4. The summed E-state index contributed by atoms with van der Waals surface area (Å²) in [6.45, 7) is 5.14. The summed E-state index contributed by atoms with van der Waals surface area (Å²) in [5, 5.41) is 2.60. The Balaban J connectivity index is 2.26. The third-order valence-electron chi connectivity index (χ3n) is 3.12. The van der Waals surface area contributed by atoms with Crippen molar-refractivity contribution in [3.8, 4) is 0 Å². The molecular formula is C16H18N2O3S. The topological polar surface area (TPSA) is 75.3 Å². The fourth-order valence-electron chi connectivity index (χ4n) is 1.97. The summed E-state index contributed by atoms with van der Waals surface area (Å²) in [5.41, 5.74) is 2.94. The smallest absolute Gasteiger partial charge is 0.261 e. The van der Waals surface area contributed by atoms with Crippen LogP contribution >= 0.6 is 0 Å². The van der Waals surface area contributed by atoms with Gasteiger partial charge in [-0.2, -0.15) is 0 Å². The Kier molecular flexibility index (Phi) is 4.51. The predicted octanol–water partition coefficient (Wildman–Crippen LogP) is 3.06. The monoisotopic (exact) mass is 318 g/mol. The fraction of sp³-hybridized carbons (Fsp3) is 0.188. The third kappa shape index (κ3) is 3.85. The molecule has 2 N–H and O–H groups in total. The quantitative estimate of drug-likeness (QED) is 0.909. The van der Waals surface area contributed by atoms with Crippen LogP contribution in [0, 0.1) is 13.8 Å². The van der Waals surface area contributed by atoms with E-state index in [4.69, 9.17) is 0 Å². The van der Waals surface area contributed by atoms with E-state index in [2.05, 4.69) is 10.0 Å². The summed E-state index contributed by atoms with van der Waals surface area (Å²) in [6.07, 6.45) is 0. The van der Waals surface area contributed by atoms with Crippen molar-refractivity contribution in [1.82, 2.24) is 0 Å². The summed E-state index contributed by atoms with van der Waals surface area (Å²) in [4.78, 5) is 11.1. The zero-order chi connectivity index (χ0) is 16.3. The lowest BCUT2D eigenvalue weighted by Crippen LogP contribution is -2.14. The number of amides is 1. The SMILES string of the molecule is CC(=O)Nc1ccc(S(=O)(=O)Nc2cc(C)ccc2C)cc1. The summed E-state index contributed by atoms with van der Waals surface area (Å²) in [5.74, 6) is -0.205. The van der Waals surface area contributed by atoms with Crippen molar-refractivity contribution in [2.24, 2.45) is 0 Å². The van der Waals surface area contributed by atoms with Crippen molar-refractivity contribution in [3.63, 3.8) is 0 Å². The van der Waals surface area contributed by atoms with E-state index in [0.717, 1.165) is 11.1 Å². The molecule has 116 valence electrons. The molecule has 0 heterocycles. The number of anilines is 2. The maximum Gasteiger partial charge on any atom is 0.261 e. The van der Waals surface area contributed by atoms with Gasteiger partial charge in [-0.3, -0.25) is 9.52 Å². The molecule has 0 aliphatic rings. The minimum Gasteiger partial charge on any atom is -0.326 e. The molecule has 22 heavy (non-hydrogen) atoms. The molecule has 5 nitrogen and oxygen atoms in total. The summed E-state index contributed by atoms with van der Waals surface area (Å²) >= 11 is 0. The lowest BCUT2D eigenvalue weighted by Gasteiger charge is -2.12. The molecule has 0 unspecified atom stereocenters. The van der Waals surface area contributed by atoms with Gasteiger partial charge in [0.1, 0.15) is 0 Å². The lowest BCUT2D eigenvalue weighted by molar-refractivity contribution is -0.114. The van der Waals surface area contributed by atoms with E-state index < -0.39 is 10.0 Å². The van der Waals surface area contributed by atoms with Gasteiger partial charge in [-0.25, -0.2) is 8.42 Å². The maximum absolute atomic E-state index is 12.4. The van der Waals surface area contributed by atoms with Gasteiger partial charge in [0, 0.05) is 12.6 Å². The highest BCUT2D eigenvalue weighted by atomic mass is 32.2. The molecule has 0 atom stereocenters. The van der Waals surface area contributed by atoms with Crippen molar-refractivity contribution < 1.29 is 13.2 Å². The minimum absolute atomic E-state index is 0.141. The van der Waals surface area contributed by atoms with E-state index in [-0.39, 0.29) is 10.8 Å². The molecule has 0 fully saturated rings. The number of aryl methyl sites for hydroxylation is 2. The van der Waals surface area contributed by atoms with Gasteiger partial charge in [-0.15, -0.1) is 0 Å². The van der Waals surface area contributed by atoms with Gasteiger partial charge < -0.3 is 5.32 Å². The first-order chi connectivity index (χ1) is 10.3. The second kappa shape index (κ2) is 6.19. The van der Waals surface area contributed by atoms with E-state index >= 15 is 0 Å². The average Bonchev–Trinajstić information content (AvgIpc) is 2.42. The van der Waals surface area contributed by atoms with E-state index in [9.17, 15) is 13.2 Å². The molecule has 0 radical (unpaired) electrons. The van der Waals surface area contributed by atoms with Gasteiger partial charge in [-0.1, -0.05) is 12.1 Å². The molecule has 0 aromatic heterocycles. The highest BCUT2D eigenvalue weighted by molar-refractivity contribution is 7.92. The van der Waals surface area contributed by atoms with Gasteiger partial charge in [0.05, 0.1) is 10.6 Å². The van der Waals surface area contributed by atoms with Crippen LogP contribution in [-0.2, 0) is 14.8 Å². The summed E-state index contributed by atoms with van der Waals surface area (Å²) in [6, 6.07) is 11.6. The molecule has 2 rings (SSSR count). The Morgan fingerprint density at radius 1 is 1.00 bits per heavy atom. The normalized spacial score (nSPS) is 11.0. The molecule has 0 bridgehead atoms. The summed E-state index contributed by atoms with van der Waals surface area (Å²) in [7, 11) is -3.66. The van der Waals surface area contributed by atoms with Crippen LogP contribution < -0.4 is 10.0 Å². The molecule has 1 amide bonds. The first-order valence-electron chi connectivity index (χ1n) is 6.76. The molecule has 2 aromatic rings. The molecule has 2 aromatic carbocycles. The van der Waals surface area contributed by atoms with Crippen molar-refractivity contribution >= 4 is 27.3 Å². The van der Waals surface area contributed by atoms with E-state index in [1.807, 2.05) is 26.0 Å². The van der Waals surface area contributed by atoms with Crippen LogP contribution in [0.5, 0.6) is 0 Å². The molecule has 0 saturated carbocycles. The molecular weight excluding hydrogens is 300 g/mol. The van der Waals surface area contributed by atoms with Crippen molar-refractivity contribution in [2.75, 3.05) is 10.0 Å². The Morgan fingerprint density at radius 3 is 2.23 bits per heavy atom. The molecule has 6 heteroatoms. The van der Waals surface area contributed by atoms with Crippen molar-refractivity contribution in [2.45, 2.75) is 25.7 Å². The van der Waals surface area contributed by atoms with Crippen LogP contribution in [0.15, 0.2) is 47.4 Å². The second-order valence-electron chi connectivity index (χ2n) is 5.13. The first kappa shape index (κ1) is 16.0. The van der Waals surface area contributed by atoms with Gasteiger partial charge in [0.15, 0.2) is 0 Å². The van der Waals surface area contributed by atoms with Crippen LogP contribution in [0.25, 0.3) is 0 Å². The molecule has 0 aliphatic heterocycles. The van der Waals surface area contributed by atoms with Crippen LogP contribution in [0.3, 0.4) is 0 Å². The van der Waals surface area contributed by atoms with Gasteiger partial charge in [0.25, 0.3) is 10.0 Å². The Labute approximate surface area is 130 Å². The van der Waals surface area contributed by atoms with E-state index in [0.29, 0.717) is 11.4 Å². The van der Waals surface area contributed by atoms with Gasteiger partial charge >= 0.3 is 0 Å². The minimum atomic E-state index is -3.66. The fourth-order valence-corrected chi connectivity index (χ4v) is 3.09. The molecule has 0 aliphatic carbocycles. The lowest BCUT2D eigenvalue weighted by atomic mass is 10.1. The number of nitrogens with one attached hydrogen (secondary N) is 2. The highest BCUT2D eigenvalue weighted by Gasteiger charge is 2.15. The highest BCUT2D eigenvalue weighted by Crippen LogP contribution is 2.22. The zero-order valence-electron chi connectivity index (χ0n) is 12.7. The molecule has 0 saturated heterocycles. The van der Waals surface area contributed by atoms with Crippen molar-refractivity contribution in [1.29, 1.82) is 0 Å². The predicted molar refractivity (Wildman–Crippen MR) is 87.5 cm³/mol.